The van der Waals surface area contributed by atoms with Gasteiger partial charge in [-0.15, -0.1) is 0 Å². The molecule has 1 amide bonds. The summed E-state index contributed by atoms with van der Waals surface area (Å²) in [6.45, 7) is 1.55. The third-order valence-corrected chi connectivity index (χ3v) is 2.71. The standard InChI is InChI=1S/C10H18N2O4/c1-12-4-3-7(5-12)9(13)11-8(6-16-2)10(14)15/h7-8H,3-6H2,1-2H3,(H,11,13)(H,14,15). The second-order valence-corrected chi connectivity index (χ2v) is 4.10. The highest BCUT2D eigenvalue weighted by Crippen LogP contribution is 2.14. The van der Waals surface area contributed by atoms with Gasteiger partial charge in [-0.2, -0.15) is 0 Å². The van der Waals surface area contributed by atoms with Gasteiger partial charge in [-0.05, 0) is 20.0 Å². The van der Waals surface area contributed by atoms with Crippen molar-refractivity contribution in [2.24, 2.45) is 5.92 Å². The Morgan fingerprint density at radius 2 is 2.31 bits per heavy atom. The molecule has 1 heterocycles. The molecule has 1 aliphatic rings. The smallest absolute Gasteiger partial charge is 0.328 e. The minimum Gasteiger partial charge on any atom is -0.480 e. The second-order valence-electron chi connectivity index (χ2n) is 4.10. The molecule has 1 rings (SSSR count). The van der Waals surface area contributed by atoms with Crippen molar-refractivity contribution in [3.05, 3.63) is 0 Å². The minimum absolute atomic E-state index is 0.0103. The molecule has 0 saturated carbocycles. The monoisotopic (exact) mass is 230 g/mol. The van der Waals surface area contributed by atoms with E-state index in [4.69, 9.17) is 9.84 Å². The number of carbonyl (C=O) groups excluding carboxylic acids is 1. The van der Waals surface area contributed by atoms with E-state index < -0.39 is 12.0 Å². The lowest BCUT2D eigenvalue weighted by Gasteiger charge is -2.16. The summed E-state index contributed by atoms with van der Waals surface area (Å²) in [5.41, 5.74) is 0. The first-order chi connectivity index (χ1) is 7.54. The Balaban J connectivity index is 2.45. The van der Waals surface area contributed by atoms with Crippen molar-refractivity contribution in [3.8, 4) is 0 Å². The fourth-order valence-corrected chi connectivity index (χ4v) is 1.78. The molecule has 0 aromatic carbocycles. The van der Waals surface area contributed by atoms with Gasteiger partial charge in [0.05, 0.1) is 12.5 Å². The molecule has 0 bridgehead atoms. The highest BCUT2D eigenvalue weighted by molar-refractivity contribution is 5.85. The molecular weight excluding hydrogens is 212 g/mol. The van der Waals surface area contributed by atoms with Crippen LogP contribution in [0.1, 0.15) is 6.42 Å². The highest BCUT2D eigenvalue weighted by Gasteiger charge is 2.29. The molecule has 6 heteroatoms. The van der Waals surface area contributed by atoms with Crippen LogP contribution in [0.5, 0.6) is 0 Å². The van der Waals surface area contributed by atoms with Crippen LogP contribution in [-0.4, -0.2) is 61.8 Å². The number of hydrogen-bond donors (Lipinski definition) is 2. The Labute approximate surface area is 94.6 Å². The van der Waals surface area contributed by atoms with Gasteiger partial charge in [0.2, 0.25) is 5.91 Å². The maximum atomic E-state index is 11.7. The van der Waals surface area contributed by atoms with Crippen molar-refractivity contribution in [2.45, 2.75) is 12.5 Å². The fraction of sp³-hybridized carbons (Fsp3) is 0.800. The summed E-state index contributed by atoms with van der Waals surface area (Å²) < 4.78 is 4.74. The average molecular weight is 230 g/mol. The van der Waals surface area contributed by atoms with Crippen molar-refractivity contribution < 1.29 is 19.4 Å². The van der Waals surface area contributed by atoms with Gasteiger partial charge in [-0.1, -0.05) is 0 Å². The van der Waals surface area contributed by atoms with E-state index in [1.807, 2.05) is 7.05 Å². The number of methoxy groups -OCH3 is 1. The van der Waals surface area contributed by atoms with E-state index in [0.717, 1.165) is 13.0 Å². The van der Waals surface area contributed by atoms with Crippen LogP contribution >= 0.6 is 0 Å². The lowest BCUT2D eigenvalue weighted by atomic mass is 10.1. The number of ether oxygens (including phenoxy) is 1. The Morgan fingerprint density at radius 3 is 2.75 bits per heavy atom. The summed E-state index contributed by atoms with van der Waals surface area (Å²) >= 11 is 0. The summed E-state index contributed by atoms with van der Waals surface area (Å²) in [5, 5.41) is 11.3. The van der Waals surface area contributed by atoms with Crippen LogP contribution in [-0.2, 0) is 14.3 Å². The number of carbonyl (C=O) groups is 2. The zero-order chi connectivity index (χ0) is 12.1. The topological polar surface area (TPSA) is 78.9 Å². The second kappa shape index (κ2) is 5.81. The number of nitrogens with one attached hydrogen (secondary N) is 1. The van der Waals surface area contributed by atoms with Gasteiger partial charge in [-0.25, -0.2) is 4.79 Å². The normalized spacial score (nSPS) is 23.0. The van der Waals surface area contributed by atoms with Gasteiger partial charge in [-0.3, -0.25) is 4.79 Å². The van der Waals surface area contributed by atoms with E-state index in [1.54, 1.807) is 0 Å². The number of rotatable bonds is 5. The number of amides is 1. The molecule has 16 heavy (non-hydrogen) atoms. The number of aliphatic carboxylic acids is 1. The van der Waals surface area contributed by atoms with E-state index in [2.05, 4.69) is 10.2 Å². The van der Waals surface area contributed by atoms with Gasteiger partial charge < -0.3 is 20.1 Å². The summed E-state index contributed by atoms with van der Waals surface area (Å²) in [6.07, 6.45) is 0.779. The van der Waals surface area contributed by atoms with E-state index in [9.17, 15) is 9.59 Å². The van der Waals surface area contributed by atoms with Crippen LogP contribution in [0.3, 0.4) is 0 Å². The van der Waals surface area contributed by atoms with Crippen molar-refractivity contribution >= 4 is 11.9 Å². The Morgan fingerprint density at radius 1 is 1.62 bits per heavy atom. The third-order valence-electron chi connectivity index (χ3n) is 2.71. The molecule has 0 aromatic heterocycles. The summed E-state index contributed by atoms with van der Waals surface area (Å²) in [7, 11) is 3.35. The molecule has 0 radical (unpaired) electrons. The van der Waals surface area contributed by atoms with Crippen molar-refractivity contribution in [1.82, 2.24) is 10.2 Å². The van der Waals surface area contributed by atoms with Crippen molar-refractivity contribution in [3.63, 3.8) is 0 Å². The van der Waals surface area contributed by atoms with Gasteiger partial charge in [0, 0.05) is 13.7 Å². The van der Waals surface area contributed by atoms with Crippen LogP contribution < -0.4 is 5.32 Å². The minimum atomic E-state index is -1.07. The third kappa shape index (κ3) is 3.46. The molecule has 1 fully saturated rings. The highest BCUT2D eigenvalue weighted by atomic mass is 16.5. The summed E-state index contributed by atoms with van der Waals surface area (Å²) in [4.78, 5) is 24.6. The first kappa shape index (κ1) is 12.9. The number of likely N-dealkylation sites (tertiary alicyclic amines) is 1. The zero-order valence-electron chi connectivity index (χ0n) is 9.60. The predicted molar refractivity (Wildman–Crippen MR) is 57.0 cm³/mol. The van der Waals surface area contributed by atoms with E-state index >= 15 is 0 Å². The lowest BCUT2D eigenvalue weighted by molar-refractivity contribution is -0.143. The molecule has 1 aliphatic heterocycles. The van der Waals surface area contributed by atoms with Gasteiger partial charge >= 0.3 is 5.97 Å². The number of nitrogens with zero attached hydrogens (tertiary/aromatic N) is 1. The fourth-order valence-electron chi connectivity index (χ4n) is 1.78. The van der Waals surface area contributed by atoms with Gasteiger partial charge in [0.1, 0.15) is 0 Å². The zero-order valence-corrected chi connectivity index (χ0v) is 9.60. The first-order valence-electron chi connectivity index (χ1n) is 5.25. The molecular formula is C10H18N2O4. The van der Waals surface area contributed by atoms with Crippen LogP contribution in [0.25, 0.3) is 0 Å². The predicted octanol–water partition coefficient (Wildman–Crippen LogP) is -0.846. The first-order valence-corrected chi connectivity index (χ1v) is 5.25. The van der Waals surface area contributed by atoms with E-state index in [1.165, 1.54) is 7.11 Å². The molecule has 0 aliphatic carbocycles. The van der Waals surface area contributed by atoms with Gasteiger partial charge in [0.15, 0.2) is 6.04 Å². The van der Waals surface area contributed by atoms with Crippen LogP contribution in [0.15, 0.2) is 0 Å². The van der Waals surface area contributed by atoms with Crippen molar-refractivity contribution in [1.29, 1.82) is 0 Å². The van der Waals surface area contributed by atoms with Crippen LogP contribution in [0.2, 0.25) is 0 Å². The molecule has 0 spiro atoms. The average Bonchev–Trinajstić information content (AvgIpc) is 2.64. The SMILES string of the molecule is COCC(NC(=O)C1CCN(C)C1)C(=O)O. The largest absolute Gasteiger partial charge is 0.480 e. The van der Waals surface area contributed by atoms with E-state index in [0.29, 0.717) is 6.54 Å². The van der Waals surface area contributed by atoms with Crippen LogP contribution in [0.4, 0.5) is 0 Å². The maximum absolute atomic E-state index is 11.7. The molecule has 2 atom stereocenters. The molecule has 0 aromatic rings. The maximum Gasteiger partial charge on any atom is 0.328 e. The van der Waals surface area contributed by atoms with Crippen LogP contribution in [0, 0.1) is 5.92 Å². The van der Waals surface area contributed by atoms with Crippen molar-refractivity contribution in [2.75, 3.05) is 33.9 Å². The van der Waals surface area contributed by atoms with E-state index in [-0.39, 0.29) is 18.4 Å². The number of carboxylic acids is 1. The molecule has 92 valence electrons. The Bertz CT molecular complexity index is 270. The Hall–Kier alpha value is -1.14. The Kier molecular flexibility index (Phi) is 4.70. The quantitative estimate of drug-likeness (QED) is 0.643. The number of hydrogen-bond acceptors (Lipinski definition) is 4. The molecule has 1 saturated heterocycles. The molecule has 2 unspecified atom stereocenters. The number of carboxylic acid groups (broad SMARTS) is 1. The molecule has 6 nitrogen and oxygen atoms in total. The summed E-state index contributed by atoms with van der Waals surface area (Å²) in [5.74, 6) is -1.38. The lowest BCUT2D eigenvalue weighted by Crippen LogP contribution is -2.46. The molecule has 2 N–H and O–H groups in total. The van der Waals surface area contributed by atoms with Gasteiger partial charge in [0.25, 0.3) is 0 Å². The summed E-state index contributed by atoms with van der Waals surface area (Å²) in [6, 6.07) is -0.955.